The van der Waals surface area contributed by atoms with Gasteiger partial charge in [-0.15, -0.1) is 0 Å². The maximum absolute atomic E-state index is 2.31. The van der Waals surface area contributed by atoms with Crippen molar-refractivity contribution in [1.29, 1.82) is 0 Å². The number of aryl methyl sites for hydroxylation is 1. The molecule has 0 aliphatic carbocycles. The third kappa shape index (κ3) is 5.31. The highest BCUT2D eigenvalue weighted by Gasteiger charge is 2.13. The van der Waals surface area contributed by atoms with E-state index in [1.165, 1.54) is 33.4 Å². The van der Waals surface area contributed by atoms with Gasteiger partial charge in [0.2, 0.25) is 0 Å². The summed E-state index contributed by atoms with van der Waals surface area (Å²) >= 11 is 0. The van der Waals surface area contributed by atoms with Gasteiger partial charge in [0.1, 0.15) is 0 Å². The number of anilines is 3. The Hall–Kier alpha value is -4.36. The van der Waals surface area contributed by atoms with E-state index in [0.717, 1.165) is 23.5 Å². The molecule has 0 saturated heterocycles. The van der Waals surface area contributed by atoms with Gasteiger partial charge in [-0.25, -0.2) is 0 Å². The molecule has 0 amide bonds. The van der Waals surface area contributed by atoms with Gasteiger partial charge in [-0.1, -0.05) is 109 Å². The van der Waals surface area contributed by atoms with Gasteiger partial charge in [-0.3, -0.25) is 0 Å². The highest BCUT2D eigenvalue weighted by atomic mass is 15.1. The molecule has 5 aromatic carbocycles. The standard InChI is InChI=1S/C35H31N/c1-3-29(26-28-12-10-11-27(2)25-28)31-17-21-34(22-18-31)36(33-15-8-5-9-16-33)35-23-19-32(20-24-35)30-13-6-4-7-14-30/h3-25H,26H2,1-2H3/b29-3-. The van der Waals surface area contributed by atoms with Gasteiger partial charge in [0.15, 0.2) is 0 Å². The van der Waals surface area contributed by atoms with E-state index in [-0.39, 0.29) is 0 Å². The molecule has 0 heterocycles. The minimum absolute atomic E-state index is 0.931. The van der Waals surface area contributed by atoms with Crippen molar-refractivity contribution in [2.45, 2.75) is 20.3 Å². The first kappa shape index (κ1) is 23.4. The summed E-state index contributed by atoms with van der Waals surface area (Å²) in [6.07, 6.45) is 3.16. The van der Waals surface area contributed by atoms with Crippen molar-refractivity contribution in [2.24, 2.45) is 0 Å². The molecule has 5 rings (SSSR count). The Morgan fingerprint density at radius 1 is 0.583 bits per heavy atom. The number of hydrogen-bond acceptors (Lipinski definition) is 1. The molecular weight excluding hydrogens is 434 g/mol. The van der Waals surface area contributed by atoms with Crippen LogP contribution in [0.5, 0.6) is 0 Å². The van der Waals surface area contributed by atoms with Crippen LogP contribution in [-0.4, -0.2) is 0 Å². The van der Waals surface area contributed by atoms with Crippen molar-refractivity contribution in [1.82, 2.24) is 0 Å². The first-order valence-corrected chi connectivity index (χ1v) is 12.5. The number of rotatable bonds is 7. The summed E-state index contributed by atoms with van der Waals surface area (Å²) in [6.45, 7) is 4.28. The predicted molar refractivity (Wildman–Crippen MR) is 155 cm³/mol. The smallest absolute Gasteiger partial charge is 0.0462 e. The maximum atomic E-state index is 2.31. The average Bonchev–Trinajstić information content (AvgIpc) is 2.94. The number of hydrogen-bond donors (Lipinski definition) is 0. The van der Waals surface area contributed by atoms with Gasteiger partial charge < -0.3 is 4.90 Å². The zero-order chi connectivity index (χ0) is 24.7. The SMILES string of the molecule is C/C=C(/Cc1cccc(C)c1)c1ccc(N(c2ccccc2)c2ccc(-c3ccccc3)cc2)cc1. The zero-order valence-corrected chi connectivity index (χ0v) is 20.9. The Balaban J connectivity index is 1.46. The summed E-state index contributed by atoms with van der Waals surface area (Å²) < 4.78 is 0. The zero-order valence-electron chi connectivity index (χ0n) is 20.9. The Morgan fingerprint density at radius 2 is 1.14 bits per heavy atom. The van der Waals surface area contributed by atoms with Crippen molar-refractivity contribution in [3.05, 3.63) is 156 Å². The molecule has 0 spiro atoms. The fraction of sp³-hybridized carbons (Fsp3) is 0.0857. The molecule has 1 heteroatoms. The minimum atomic E-state index is 0.931. The van der Waals surface area contributed by atoms with Crippen LogP contribution in [0.2, 0.25) is 0 Å². The molecule has 0 atom stereocenters. The Kier molecular flexibility index (Phi) is 7.10. The van der Waals surface area contributed by atoms with E-state index in [9.17, 15) is 0 Å². The Labute approximate surface area is 215 Å². The highest BCUT2D eigenvalue weighted by Crippen LogP contribution is 2.36. The Bertz CT molecular complexity index is 1430. The van der Waals surface area contributed by atoms with Crippen LogP contribution in [0.15, 0.2) is 140 Å². The van der Waals surface area contributed by atoms with Crippen molar-refractivity contribution in [3.8, 4) is 11.1 Å². The quantitative estimate of drug-likeness (QED) is 0.231. The second kappa shape index (κ2) is 10.9. The van der Waals surface area contributed by atoms with Crippen LogP contribution in [-0.2, 0) is 6.42 Å². The second-order valence-electron chi connectivity index (χ2n) is 9.11. The fourth-order valence-corrected chi connectivity index (χ4v) is 4.70. The summed E-state index contributed by atoms with van der Waals surface area (Å²) in [7, 11) is 0. The number of benzene rings is 5. The Morgan fingerprint density at radius 3 is 1.75 bits per heavy atom. The van der Waals surface area contributed by atoms with Crippen molar-refractivity contribution in [3.63, 3.8) is 0 Å². The number of para-hydroxylation sites is 1. The van der Waals surface area contributed by atoms with Crippen LogP contribution in [0.3, 0.4) is 0 Å². The molecule has 0 saturated carbocycles. The largest absolute Gasteiger partial charge is 0.311 e. The fourth-order valence-electron chi connectivity index (χ4n) is 4.70. The molecule has 5 aromatic rings. The molecule has 1 nitrogen and oxygen atoms in total. The molecule has 0 aliphatic rings. The molecule has 0 unspecified atom stereocenters. The molecule has 0 bridgehead atoms. The van der Waals surface area contributed by atoms with Crippen LogP contribution in [0.4, 0.5) is 17.1 Å². The van der Waals surface area contributed by atoms with E-state index in [1.807, 2.05) is 0 Å². The lowest BCUT2D eigenvalue weighted by molar-refractivity contribution is 1.24. The molecular formula is C35H31N. The summed E-state index contributed by atoms with van der Waals surface area (Å²) in [5.41, 5.74) is 11.1. The lowest BCUT2D eigenvalue weighted by atomic mass is 9.97. The lowest BCUT2D eigenvalue weighted by Crippen LogP contribution is -2.09. The van der Waals surface area contributed by atoms with E-state index < -0.39 is 0 Å². The van der Waals surface area contributed by atoms with Crippen LogP contribution in [0, 0.1) is 6.92 Å². The van der Waals surface area contributed by atoms with Crippen LogP contribution < -0.4 is 4.90 Å². The van der Waals surface area contributed by atoms with Crippen molar-refractivity contribution < 1.29 is 0 Å². The monoisotopic (exact) mass is 465 g/mol. The molecule has 0 aliphatic heterocycles. The first-order chi connectivity index (χ1) is 17.7. The average molecular weight is 466 g/mol. The molecule has 0 fully saturated rings. The summed E-state index contributed by atoms with van der Waals surface area (Å²) in [5, 5.41) is 0. The first-order valence-electron chi connectivity index (χ1n) is 12.5. The van der Waals surface area contributed by atoms with Crippen LogP contribution in [0.25, 0.3) is 16.7 Å². The summed E-state index contributed by atoms with van der Waals surface area (Å²) in [6, 6.07) is 47.6. The van der Waals surface area contributed by atoms with Gasteiger partial charge in [0, 0.05) is 17.1 Å². The summed E-state index contributed by atoms with van der Waals surface area (Å²) in [5.74, 6) is 0. The van der Waals surface area contributed by atoms with E-state index in [2.05, 4.69) is 158 Å². The second-order valence-corrected chi connectivity index (χ2v) is 9.11. The predicted octanol–water partition coefficient (Wildman–Crippen LogP) is 9.78. The van der Waals surface area contributed by atoms with Gasteiger partial charge in [0.05, 0.1) is 0 Å². The third-order valence-corrected chi connectivity index (χ3v) is 6.57. The molecule has 0 N–H and O–H groups in total. The summed E-state index contributed by atoms with van der Waals surface area (Å²) in [4.78, 5) is 2.31. The molecule has 0 radical (unpaired) electrons. The van der Waals surface area contributed by atoms with E-state index >= 15 is 0 Å². The van der Waals surface area contributed by atoms with Gasteiger partial charge in [0.25, 0.3) is 0 Å². The number of nitrogens with zero attached hydrogens (tertiary/aromatic N) is 1. The topological polar surface area (TPSA) is 3.24 Å². The number of allylic oxidation sites excluding steroid dienone is 2. The third-order valence-electron chi connectivity index (χ3n) is 6.57. The van der Waals surface area contributed by atoms with Gasteiger partial charge in [-0.05, 0) is 84.5 Å². The normalized spacial score (nSPS) is 11.3. The minimum Gasteiger partial charge on any atom is -0.311 e. The van der Waals surface area contributed by atoms with Crippen LogP contribution >= 0.6 is 0 Å². The van der Waals surface area contributed by atoms with Crippen molar-refractivity contribution in [2.75, 3.05) is 4.90 Å². The lowest BCUT2D eigenvalue weighted by Gasteiger charge is -2.26. The molecule has 36 heavy (non-hydrogen) atoms. The maximum Gasteiger partial charge on any atom is 0.0462 e. The van der Waals surface area contributed by atoms with Gasteiger partial charge >= 0.3 is 0 Å². The van der Waals surface area contributed by atoms with E-state index in [0.29, 0.717) is 0 Å². The van der Waals surface area contributed by atoms with Gasteiger partial charge in [-0.2, -0.15) is 0 Å². The highest BCUT2D eigenvalue weighted by molar-refractivity contribution is 5.79. The molecule has 176 valence electrons. The van der Waals surface area contributed by atoms with E-state index in [1.54, 1.807) is 0 Å². The van der Waals surface area contributed by atoms with Crippen molar-refractivity contribution >= 4 is 22.6 Å². The molecule has 0 aromatic heterocycles. The van der Waals surface area contributed by atoms with E-state index in [4.69, 9.17) is 0 Å². The van der Waals surface area contributed by atoms with Crippen LogP contribution in [0.1, 0.15) is 23.6 Å².